The number of hydrogen-bond donors (Lipinski definition) is 1. The molecule has 3 aromatic rings. The molecule has 3 rings (SSSR count). The standard InChI is InChI=1S/C20H15IN2O/c1-3-4-8-13(2)19(21)23-20(22)15-10-7-12-17-18(15)14-9-5-6-11-16(14)24-17/h3-12,22H,1-2H2/b8-4-,22-20?,23-19-. The number of rotatable bonds is 4. The van der Waals surface area contributed by atoms with E-state index in [1.807, 2.05) is 48.5 Å². The number of benzene rings is 2. The van der Waals surface area contributed by atoms with Crippen LogP contribution in [-0.2, 0) is 0 Å². The molecule has 24 heavy (non-hydrogen) atoms. The summed E-state index contributed by atoms with van der Waals surface area (Å²) in [6.45, 7) is 7.59. The van der Waals surface area contributed by atoms with Crippen molar-refractivity contribution in [2.75, 3.05) is 0 Å². The third-order valence-electron chi connectivity index (χ3n) is 3.57. The van der Waals surface area contributed by atoms with E-state index in [9.17, 15) is 0 Å². The van der Waals surface area contributed by atoms with E-state index in [0.29, 0.717) is 3.72 Å². The number of allylic oxidation sites excluding steroid dienone is 4. The Bertz CT molecular complexity index is 1020. The van der Waals surface area contributed by atoms with Crippen molar-refractivity contribution in [3.05, 3.63) is 85.0 Å². The SMILES string of the molecule is C=C/C=C\C(=C)/C(I)=N/C(=N)c1cccc2oc3ccccc3c12. The van der Waals surface area contributed by atoms with Crippen LogP contribution in [0, 0.1) is 5.41 Å². The van der Waals surface area contributed by atoms with Gasteiger partial charge in [-0.25, -0.2) is 4.99 Å². The minimum Gasteiger partial charge on any atom is -0.456 e. The fourth-order valence-corrected chi connectivity index (χ4v) is 2.88. The number of nitrogens with zero attached hydrogens (tertiary/aromatic N) is 1. The maximum Gasteiger partial charge on any atom is 0.153 e. The van der Waals surface area contributed by atoms with Crippen molar-refractivity contribution >= 4 is 54.1 Å². The van der Waals surface area contributed by atoms with E-state index >= 15 is 0 Å². The van der Waals surface area contributed by atoms with Crippen LogP contribution in [-0.4, -0.2) is 9.55 Å². The second kappa shape index (κ2) is 6.97. The minimum atomic E-state index is 0.185. The zero-order chi connectivity index (χ0) is 17.1. The van der Waals surface area contributed by atoms with Crippen molar-refractivity contribution < 1.29 is 4.42 Å². The predicted molar refractivity (Wildman–Crippen MR) is 110 cm³/mol. The molecular weight excluding hydrogens is 411 g/mol. The molecule has 0 amide bonds. The molecule has 0 atom stereocenters. The average molecular weight is 426 g/mol. The molecule has 0 bridgehead atoms. The Labute approximate surface area is 153 Å². The molecule has 0 aliphatic rings. The second-order valence-electron chi connectivity index (χ2n) is 5.15. The van der Waals surface area contributed by atoms with Gasteiger partial charge in [0, 0.05) is 16.3 Å². The Morgan fingerprint density at radius 2 is 1.88 bits per heavy atom. The Morgan fingerprint density at radius 1 is 1.12 bits per heavy atom. The van der Waals surface area contributed by atoms with Crippen molar-refractivity contribution in [2.24, 2.45) is 4.99 Å². The van der Waals surface area contributed by atoms with Gasteiger partial charge in [0.05, 0.1) is 0 Å². The Kier molecular flexibility index (Phi) is 4.76. The Balaban J connectivity index is 2.09. The molecule has 0 fully saturated rings. The predicted octanol–water partition coefficient (Wildman–Crippen LogP) is 6.04. The number of amidine groups is 1. The number of nitrogens with one attached hydrogen (secondary N) is 1. The molecule has 0 saturated heterocycles. The maximum atomic E-state index is 8.41. The van der Waals surface area contributed by atoms with Crippen molar-refractivity contribution in [1.82, 2.24) is 0 Å². The van der Waals surface area contributed by atoms with E-state index in [-0.39, 0.29) is 5.84 Å². The number of halogens is 1. The summed E-state index contributed by atoms with van der Waals surface area (Å²) in [5.41, 5.74) is 3.05. The first-order chi connectivity index (χ1) is 11.6. The third kappa shape index (κ3) is 3.10. The summed E-state index contributed by atoms with van der Waals surface area (Å²) in [6, 6.07) is 13.5. The Hall–Kier alpha value is -2.47. The van der Waals surface area contributed by atoms with Crippen LogP contribution in [0.15, 0.2) is 88.8 Å². The van der Waals surface area contributed by atoms with Crippen LogP contribution in [0.2, 0.25) is 0 Å². The highest BCUT2D eigenvalue weighted by molar-refractivity contribution is 14.1. The van der Waals surface area contributed by atoms with Crippen LogP contribution in [0.25, 0.3) is 21.9 Å². The molecule has 0 aliphatic carbocycles. The molecule has 1 N–H and O–H groups in total. The lowest BCUT2D eigenvalue weighted by atomic mass is 10.1. The van der Waals surface area contributed by atoms with Gasteiger partial charge in [0.25, 0.3) is 0 Å². The van der Waals surface area contributed by atoms with E-state index < -0.39 is 0 Å². The van der Waals surface area contributed by atoms with Crippen LogP contribution >= 0.6 is 22.6 Å². The van der Waals surface area contributed by atoms with E-state index in [1.165, 1.54) is 0 Å². The molecule has 0 aliphatic heterocycles. The van der Waals surface area contributed by atoms with Crippen LogP contribution < -0.4 is 0 Å². The fourth-order valence-electron chi connectivity index (χ4n) is 2.46. The van der Waals surface area contributed by atoms with Gasteiger partial charge in [-0.2, -0.15) is 0 Å². The number of aliphatic imine (C=N–C) groups is 1. The average Bonchev–Trinajstić information content (AvgIpc) is 2.98. The lowest BCUT2D eigenvalue weighted by Crippen LogP contribution is -2.00. The monoisotopic (exact) mass is 426 g/mol. The van der Waals surface area contributed by atoms with Crippen molar-refractivity contribution in [3.63, 3.8) is 0 Å². The summed E-state index contributed by atoms with van der Waals surface area (Å²) in [7, 11) is 0. The van der Waals surface area contributed by atoms with Gasteiger partial charge in [-0.1, -0.05) is 61.7 Å². The topological polar surface area (TPSA) is 49.4 Å². The molecule has 3 nitrogen and oxygen atoms in total. The van der Waals surface area contributed by atoms with Crippen LogP contribution in [0.3, 0.4) is 0 Å². The zero-order valence-corrected chi connectivity index (χ0v) is 15.1. The summed E-state index contributed by atoms with van der Waals surface area (Å²) >= 11 is 2.09. The fraction of sp³-hybridized carbons (Fsp3) is 0. The van der Waals surface area contributed by atoms with E-state index in [1.54, 1.807) is 12.2 Å². The molecule has 0 radical (unpaired) electrons. The summed E-state index contributed by atoms with van der Waals surface area (Å²) in [6.07, 6.45) is 5.29. The zero-order valence-electron chi connectivity index (χ0n) is 12.9. The van der Waals surface area contributed by atoms with Gasteiger partial charge >= 0.3 is 0 Å². The molecule has 1 aromatic heterocycles. The molecule has 0 saturated carbocycles. The van der Waals surface area contributed by atoms with Crippen LogP contribution in [0.4, 0.5) is 0 Å². The quantitative estimate of drug-likeness (QED) is 0.235. The number of para-hydroxylation sites is 1. The molecule has 4 heteroatoms. The van der Waals surface area contributed by atoms with Crippen LogP contribution in [0.5, 0.6) is 0 Å². The molecule has 0 spiro atoms. The second-order valence-corrected chi connectivity index (χ2v) is 6.17. The normalized spacial score (nSPS) is 12.1. The number of furan rings is 1. The third-order valence-corrected chi connectivity index (χ3v) is 4.50. The maximum absolute atomic E-state index is 8.41. The molecule has 0 unspecified atom stereocenters. The molecule has 1 heterocycles. The van der Waals surface area contributed by atoms with Gasteiger partial charge in [-0.15, -0.1) is 0 Å². The highest BCUT2D eigenvalue weighted by Crippen LogP contribution is 2.31. The lowest BCUT2D eigenvalue weighted by molar-refractivity contribution is 0.669. The summed E-state index contributed by atoms with van der Waals surface area (Å²) < 4.78 is 6.53. The first kappa shape index (κ1) is 16.4. The first-order valence-corrected chi connectivity index (χ1v) is 8.41. The van der Waals surface area contributed by atoms with Gasteiger partial charge in [0.15, 0.2) is 5.84 Å². The highest BCUT2D eigenvalue weighted by atomic mass is 127. The van der Waals surface area contributed by atoms with Gasteiger partial charge in [0.1, 0.15) is 14.9 Å². The minimum absolute atomic E-state index is 0.185. The summed E-state index contributed by atoms with van der Waals surface area (Å²) in [5, 5.41) is 10.3. The van der Waals surface area contributed by atoms with Gasteiger partial charge < -0.3 is 4.42 Å². The van der Waals surface area contributed by atoms with E-state index in [4.69, 9.17) is 9.83 Å². The number of hydrogen-bond acceptors (Lipinski definition) is 2. The molecule has 2 aromatic carbocycles. The smallest absolute Gasteiger partial charge is 0.153 e. The van der Waals surface area contributed by atoms with Crippen molar-refractivity contribution in [1.29, 1.82) is 5.41 Å². The van der Waals surface area contributed by atoms with Gasteiger partial charge in [0.2, 0.25) is 0 Å². The van der Waals surface area contributed by atoms with Crippen molar-refractivity contribution in [2.45, 2.75) is 0 Å². The van der Waals surface area contributed by atoms with Gasteiger partial charge in [-0.05, 0) is 40.3 Å². The van der Waals surface area contributed by atoms with E-state index in [0.717, 1.165) is 33.1 Å². The van der Waals surface area contributed by atoms with E-state index in [2.05, 4.69) is 40.7 Å². The van der Waals surface area contributed by atoms with Crippen molar-refractivity contribution in [3.8, 4) is 0 Å². The van der Waals surface area contributed by atoms with Crippen LogP contribution in [0.1, 0.15) is 5.56 Å². The molecule has 118 valence electrons. The van der Waals surface area contributed by atoms with Gasteiger partial charge in [-0.3, -0.25) is 5.41 Å². The number of fused-ring (bicyclic) bond motifs is 3. The summed E-state index contributed by atoms with van der Waals surface area (Å²) in [5.74, 6) is 0.185. The molecular formula is C20H15IN2O. The highest BCUT2D eigenvalue weighted by Gasteiger charge is 2.13. The largest absolute Gasteiger partial charge is 0.456 e. The Morgan fingerprint density at radius 3 is 2.67 bits per heavy atom. The first-order valence-electron chi connectivity index (χ1n) is 7.33. The summed E-state index contributed by atoms with van der Waals surface area (Å²) in [4.78, 5) is 4.40. The lowest BCUT2D eigenvalue weighted by Gasteiger charge is -2.03.